The van der Waals surface area contributed by atoms with E-state index in [9.17, 15) is 19.8 Å². The number of rotatable bonds is 3. The van der Waals surface area contributed by atoms with E-state index in [-0.39, 0.29) is 29.3 Å². The van der Waals surface area contributed by atoms with Crippen LogP contribution in [0.4, 0.5) is 0 Å². The summed E-state index contributed by atoms with van der Waals surface area (Å²) in [4.78, 5) is 25.6. The van der Waals surface area contributed by atoms with E-state index >= 15 is 0 Å². The van der Waals surface area contributed by atoms with Gasteiger partial charge in [-0.05, 0) is 37.5 Å². The number of phenols is 1. The number of methoxy groups -OCH3 is 1. The van der Waals surface area contributed by atoms with Crippen molar-refractivity contribution in [1.29, 1.82) is 0 Å². The van der Waals surface area contributed by atoms with E-state index in [1.807, 2.05) is 0 Å². The van der Waals surface area contributed by atoms with E-state index in [0.717, 1.165) is 6.42 Å². The summed E-state index contributed by atoms with van der Waals surface area (Å²) in [5, 5.41) is 19.1. The van der Waals surface area contributed by atoms with Crippen LogP contribution < -0.4 is 4.74 Å². The van der Waals surface area contributed by atoms with E-state index in [4.69, 9.17) is 4.74 Å². The molecule has 2 N–H and O–H groups in total. The molecule has 112 valence electrons. The smallest absolute Gasteiger partial charge is 0.308 e. The molecule has 3 atom stereocenters. The summed E-state index contributed by atoms with van der Waals surface area (Å²) in [5.41, 5.74) is 0.164. The third kappa shape index (κ3) is 2.11. The molecule has 2 heterocycles. The molecule has 1 aromatic rings. The van der Waals surface area contributed by atoms with Crippen LogP contribution in [0.25, 0.3) is 0 Å². The monoisotopic (exact) mass is 291 g/mol. The highest BCUT2D eigenvalue weighted by Gasteiger charge is 2.51. The molecular weight excluding hydrogens is 274 g/mol. The lowest BCUT2D eigenvalue weighted by molar-refractivity contribution is -0.142. The van der Waals surface area contributed by atoms with Gasteiger partial charge in [0.05, 0.1) is 18.6 Å². The van der Waals surface area contributed by atoms with Crippen LogP contribution in [0.3, 0.4) is 0 Å². The van der Waals surface area contributed by atoms with E-state index < -0.39 is 11.9 Å². The summed E-state index contributed by atoms with van der Waals surface area (Å²) in [5.74, 6) is -1.30. The van der Waals surface area contributed by atoms with Gasteiger partial charge in [-0.1, -0.05) is 0 Å². The number of phenolic OH excluding ortho intramolecular Hbond substituents is 1. The van der Waals surface area contributed by atoms with Crippen molar-refractivity contribution < 1.29 is 24.5 Å². The van der Waals surface area contributed by atoms with Gasteiger partial charge in [-0.3, -0.25) is 9.59 Å². The molecule has 0 aliphatic carbocycles. The maximum absolute atomic E-state index is 12.7. The molecule has 3 rings (SSSR count). The normalized spacial score (nSPS) is 26.9. The number of aliphatic carboxylic acids is 1. The minimum absolute atomic E-state index is 0.0470. The van der Waals surface area contributed by atoms with Crippen LogP contribution in [-0.4, -0.2) is 46.2 Å². The van der Waals surface area contributed by atoms with Crippen molar-refractivity contribution in [3.05, 3.63) is 23.8 Å². The molecule has 0 saturated carbocycles. The number of carboxylic acid groups (broad SMARTS) is 1. The van der Waals surface area contributed by atoms with Crippen LogP contribution in [0.5, 0.6) is 11.5 Å². The molecule has 0 radical (unpaired) electrons. The van der Waals surface area contributed by atoms with Gasteiger partial charge in [0.2, 0.25) is 0 Å². The van der Waals surface area contributed by atoms with E-state index in [1.54, 1.807) is 11.0 Å². The van der Waals surface area contributed by atoms with Crippen LogP contribution in [0.1, 0.15) is 29.6 Å². The number of carbonyl (C=O) groups excluding carboxylic acids is 1. The first kappa shape index (κ1) is 13.7. The van der Waals surface area contributed by atoms with Gasteiger partial charge in [-0.15, -0.1) is 0 Å². The second-order valence-electron chi connectivity index (χ2n) is 5.57. The standard InChI is InChI=1S/C15H17NO5/c1-21-9-3-5-13(17)11(7-9)14(18)16-8-2-4-12(16)10(6-8)15(19)20/h3,5,7-8,10,12,17H,2,4,6H2,1H3,(H,19,20). The number of fused-ring (bicyclic) bond motifs is 2. The summed E-state index contributed by atoms with van der Waals surface area (Å²) in [7, 11) is 1.49. The van der Waals surface area contributed by atoms with Gasteiger partial charge in [0.1, 0.15) is 11.5 Å². The Balaban J connectivity index is 1.91. The Morgan fingerprint density at radius 1 is 1.33 bits per heavy atom. The number of amides is 1. The third-order valence-corrected chi connectivity index (χ3v) is 4.52. The highest BCUT2D eigenvalue weighted by Crippen LogP contribution is 2.43. The van der Waals surface area contributed by atoms with Crippen LogP contribution in [0.15, 0.2) is 18.2 Å². The van der Waals surface area contributed by atoms with Crippen molar-refractivity contribution in [3.8, 4) is 11.5 Å². The molecule has 2 aliphatic rings. The molecule has 2 saturated heterocycles. The maximum Gasteiger partial charge on any atom is 0.308 e. The van der Waals surface area contributed by atoms with Crippen molar-refractivity contribution >= 4 is 11.9 Å². The number of carboxylic acids is 1. The summed E-state index contributed by atoms with van der Waals surface area (Å²) >= 11 is 0. The molecule has 1 amide bonds. The maximum atomic E-state index is 12.7. The van der Waals surface area contributed by atoms with Gasteiger partial charge in [0, 0.05) is 12.1 Å². The predicted octanol–water partition coefficient (Wildman–Crippen LogP) is 1.48. The van der Waals surface area contributed by atoms with E-state index in [1.165, 1.54) is 19.2 Å². The second kappa shape index (κ2) is 4.95. The number of hydrogen-bond donors (Lipinski definition) is 2. The van der Waals surface area contributed by atoms with Crippen molar-refractivity contribution in [1.82, 2.24) is 4.90 Å². The van der Waals surface area contributed by atoms with Crippen LogP contribution >= 0.6 is 0 Å². The number of hydrogen-bond acceptors (Lipinski definition) is 4. The van der Waals surface area contributed by atoms with Crippen molar-refractivity contribution in [2.45, 2.75) is 31.3 Å². The van der Waals surface area contributed by atoms with E-state index in [0.29, 0.717) is 18.6 Å². The lowest BCUT2D eigenvalue weighted by atomic mass is 9.89. The lowest BCUT2D eigenvalue weighted by Gasteiger charge is -2.23. The molecule has 6 heteroatoms. The minimum atomic E-state index is -0.852. The zero-order valence-electron chi connectivity index (χ0n) is 11.7. The summed E-state index contributed by atoms with van der Waals surface area (Å²) in [6, 6.07) is 4.16. The summed E-state index contributed by atoms with van der Waals surface area (Å²) in [6.07, 6.45) is 2.03. The third-order valence-electron chi connectivity index (χ3n) is 4.52. The quantitative estimate of drug-likeness (QED) is 0.880. The Morgan fingerprint density at radius 3 is 2.71 bits per heavy atom. The fourth-order valence-electron chi connectivity index (χ4n) is 3.52. The van der Waals surface area contributed by atoms with E-state index in [2.05, 4.69) is 0 Å². The molecule has 1 aromatic carbocycles. The summed E-state index contributed by atoms with van der Waals surface area (Å²) in [6.45, 7) is 0. The molecule has 0 aromatic heterocycles. The molecule has 2 fully saturated rings. The number of nitrogens with zero attached hydrogens (tertiary/aromatic N) is 1. The van der Waals surface area contributed by atoms with Crippen LogP contribution in [0.2, 0.25) is 0 Å². The molecule has 21 heavy (non-hydrogen) atoms. The van der Waals surface area contributed by atoms with Gasteiger partial charge < -0.3 is 19.8 Å². The Morgan fingerprint density at radius 2 is 2.10 bits per heavy atom. The van der Waals surface area contributed by atoms with Gasteiger partial charge >= 0.3 is 5.97 Å². The number of aromatic hydroxyl groups is 1. The van der Waals surface area contributed by atoms with Gasteiger partial charge in [0.25, 0.3) is 5.91 Å². The largest absolute Gasteiger partial charge is 0.507 e. The van der Waals surface area contributed by atoms with Gasteiger partial charge in [-0.25, -0.2) is 0 Å². The van der Waals surface area contributed by atoms with Crippen LogP contribution in [-0.2, 0) is 4.79 Å². The SMILES string of the molecule is COc1ccc(O)c(C(=O)N2C3CCC2C(C(=O)O)C3)c1. The van der Waals surface area contributed by atoms with Gasteiger partial charge in [-0.2, -0.15) is 0 Å². The first-order chi connectivity index (χ1) is 10.0. The molecule has 3 unspecified atom stereocenters. The first-order valence-electron chi connectivity index (χ1n) is 6.95. The predicted molar refractivity (Wildman–Crippen MR) is 73.4 cm³/mol. The highest BCUT2D eigenvalue weighted by molar-refractivity contribution is 5.98. The Labute approximate surface area is 121 Å². The zero-order valence-corrected chi connectivity index (χ0v) is 11.7. The summed E-state index contributed by atoms with van der Waals surface area (Å²) < 4.78 is 5.08. The average Bonchev–Trinajstić information content (AvgIpc) is 3.04. The molecular formula is C15H17NO5. The molecule has 2 bridgehead atoms. The fourth-order valence-corrected chi connectivity index (χ4v) is 3.52. The van der Waals surface area contributed by atoms with Gasteiger partial charge in [0.15, 0.2) is 0 Å². The number of benzene rings is 1. The minimum Gasteiger partial charge on any atom is -0.507 e. The number of ether oxygens (including phenoxy) is 1. The average molecular weight is 291 g/mol. The zero-order chi connectivity index (χ0) is 15.1. The number of carbonyl (C=O) groups is 2. The highest BCUT2D eigenvalue weighted by atomic mass is 16.5. The second-order valence-corrected chi connectivity index (χ2v) is 5.57. The van der Waals surface area contributed by atoms with Crippen molar-refractivity contribution in [2.75, 3.05) is 7.11 Å². The van der Waals surface area contributed by atoms with Crippen molar-refractivity contribution in [3.63, 3.8) is 0 Å². The molecule has 2 aliphatic heterocycles. The van der Waals surface area contributed by atoms with Crippen molar-refractivity contribution in [2.24, 2.45) is 5.92 Å². The fraction of sp³-hybridized carbons (Fsp3) is 0.467. The molecule has 6 nitrogen and oxygen atoms in total. The first-order valence-corrected chi connectivity index (χ1v) is 6.95. The lowest BCUT2D eigenvalue weighted by Crippen LogP contribution is -2.37. The topological polar surface area (TPSA) is 87.1 Å². The Bertz CT molecular complexity index is 600. The Kier molecular flexibility index (Phi) is 3.23. The molecule has 0 spiro atoms. The Hall–Kier alpha value is -2.24. The van der Waals surface area contributed by atoms with Crippen LogP contribution in [0, 0.1) is 5.92 Å².